The first-order chi connectivity index (χ1) is 12.5. The van der Waals surface area contributed by atoms with Crippen LogP contribution in [0.3, 0.4) is 0 Å². The van der Waals surface area contributed by atoms with E-state index in [2.05, 4.69) is 23.0 Å². The van der Waals surface area contributed by atoms with Gasteiger partial charge in [0.05, 0.1) is 45.0 Å². The van der Waals surface area contributed by atoms with Gasteiger partial charge in [0, 0.05) is 16.7 Å². The molecule has 1 aromatic carbocycles. The van der Waals surface area contributed by atoms with Crippen molar-refractivity contribution in [3.8, 4) is 0 Å². The van der Waals surface area contributed by atoms with Gasteiger partial charge in [-0.2, -0.15) is 0 Å². The second kappa shape index (κ2) is 8.33. The number of hydrogen-bond acceptors (Lipinski definition) is 4. The topological polar surface area (TPSA) is 56.0 Å². The number of quaternary nitrogens is 1. The molecule has 1 aromatic heterocycles. The van der Waals surface area contributed by atoms with Crippen LogP contribution in [-0.4, -0.2) is 48.7 Å². The van der Waals surface area contributed by atoms with Crippen LogP contribution in [0.5, 0.6) is 0 Å². The van der Waals surface area contributed by atoms with E-state index in [4.69, 9.17) is 4.74 Å². The molecule has 1 aliphatic rings. The highest BCUT2D eigenvalue weighted by Crippen LogP contribution is 2.15. The monoisotopic (exact) mass is 418 g/mol. The zero-order chi connectivity index (χ0) is 18.5. The lowest BCUT2D eigenvalue weighted by atomic mass is 10.2. The molecule has 1 fully saturated rings. The number of rotatable bonds is 4. The summed E-state index contributed by atoms with van der Waals surface area (Å²) < 4.78 is 7.99. The molecule has 6 nitrogen and oxygen atoms in total. The number of aromatic nitrogens is 1. The van der Waals surface area contributed by atoms with Crippen molar-refractivity contribution in [3.05, 3.63) is 74.9 Å². The number of nitrogens with one attached hydrogen (secondary N) is 1. The van der Waals surface area contributed by atoms with Crippen LogP contribution in [0.2, 0.25) is 0 Å². The summed E-state index contributed by atoms with van der Waals surface area (Å²) in [5, 5.41) is 0. The van der Waals surface area contributed by atoms with Crippen molar-refractivity contribution in [1.29, 1.82) is 0 Å². The van der Waals surface area contributed by atoms with Gasteiger partial charge in [0.2, 0.25) is 5.88 Å². The van der Waals surface area contributed by atoms with Crippen LogP contribution in [0.4, 0.5) is 0 Å². The lowest BCUT2D eigenvalue weighted by molar-refractivity contribution is -0.884. The van der Waals surface area contributed by atoms with E-state index in [0.29, 0.717) is 11.4 Å². The van der Waals surface area contributed by atoms with E-state index in [-0.39, 0.29) is 5.56 Å². The fraction of sp³-hybridized carbons (Fsp3) is 0.263. The van der Waals surface area contributed by atoms with Gasteiger partial charge in [-0.05, 0) is 30.3 Å². The molecule has 7 heteroatoms. The fourth-order valence-electron chi connectivity index (χ4n) is 2.69. The first kappa shape index (κ1) is 18.4. The van der Waals surface area contributed by atoms with E-state index in [9.17, 15) is 9.59 Å². The van der Waals surface area contributed by atoms with Crippen molar-refractivity contribution in [2.45, 2.75) is 0 Å². The zero-order valence-electron chi connectivity index (χ0n) is 14.5. The SMILES string of the molecule is C[NH+]1CCN(/C(=C/n2ccccc2=O)OC(=O)c2ccc(Br)cc2)CC1. The maximum absolute atomic E-state index is 12.6. The van der Waals surface area contributed by atoms with Crippen molar-refractivity contribution in [2.75, 3.05) is 33.2 Å². The zero-order valence-corrected chi connectivity index (χ0v) is 16.1. The molecular weight excluding hydrogens is 398 g/mol. The summed E-state index contributed by atoms with van der Waals surface area (Å²) in [7, 11) is 2.14. The number of esters is 1. The highest BCUT2D eigenvalue weighted by atomic mass is 79.9. The molecule has 0 spiro atoms. The summed E-state index contributed by atoms with van der Waals surface area (Å²) in [6.07, 6.45) is 3.23. The molecule has 0 atom stereocenters. The number of ether oxygens (including phenoxy) is 1. The normalized spacial score (nSPS) is 15.8. The molecule has 1 N–H and O–H groups in total. The quantitative estimate of drug-likeness (QED) is 0.595. The third-order valence-electron chi connectivity index (χ3n) is 4.31. The number of nitrogens with zero attached hydrogens (tertiary/aromatic N) is 2. The van der Waals surface area contributed by atoms with E-state index >= 15 is 0 Å². The Kier molecular flexibility index (Phi) is 5.90. The molecule has 3 rings (SSSR count). The molecule has 0 aliphatic carbocycles. The lowest BCUT2D eigenvalue weighted by Crippen LogP contribution is -3.11. The van der Waals surface area contributed by atoms with Gasteiger partial charge in [0.15, 0.2) is 0 Å². The Bertz CT molecular complexity index is 853. The predicted octanol–water partition coefficient (Wildman–Crippen LogP) is 1.05. The van der Waals surface area contributed by atoms with Crippen molar-refractivity contribution in [2.24, 2.45) is 0 Å². The Morgan fingerprint density at radius 2 is 1.85 bits per heavy atom. The standard InChI is InChI=1S/C19H20BrN3O3/c1-21-10-12-22(13-11-21)18(14-23-9-3-2-4-17(23)24)26-19(25)15-5-7-16(20)8-6-15/h2-9,14H,10-13H2,1H3/p+1/b18-14-. The Morgan fingerprint density at radius 3 is 2.50 bits per heavy atom. The molecule has 0 radical (unpaired) electrons. The number of benzene rings is 1. The molecule has 136 valence electrons. The summed E-state index contributed by atoms with van der Waals surface area (Å²) in [5.41, 5.74) is 0.281. The van der Waals surface area contributed by atoms with Gasteiger partial charge in [-0.25, -0.2) is 4.79 Å². The molecule has 1 aliphatic heterocycles. The molecule has 0 saturated carbocycles. The average molecular weight is 419 g/mol. The Hall–Kier alpha value is -2.38. The van der Waals surface area contributed by atoms with Crippen LogP contribution in [0.15, 0.2) is 63.8 Å². The van der Waals surface area contributed by atoms with E-state index in [1.165, 1.54) is 15.5 Å². The van der Waals surface area contributed by atoms with Gasteiger partial charge >= 0.3 is 5.97 Å². The van der Waals surface area contributed by atoms with Gasteiger partial charge in [-0.15, -0.1) is 0 Å². The summed E-state index contributed by atoms with van der Waals surface area (Å²) in [6.45, 7) is 3.40. The lowest BCUT2D eigenvalue weighted by Gasteiger charge is -2.32. The van der Waals surface area contributed by atoms with Crippen LogP contribution in [0.25, 0.3) is 6.20 Å². The number of hydrogen-bond donors (Lipinski definition) is 1. The van der Waals surface area contributed by atoms with Crippen molar-refractivity contribution in [1.82, 2.24) is 9.47 Å². The maximum Gasteiger partial charge on any atom is 0.344 e. The number of halogens is 1. The smallest absolute Gasteiger partial charge is 0.344 e. The minimum atomic E-state index is -0.445. The number of piperazine rings is 1. The Labute approximate surface area is 160 Å². The first-order valence-electron chi connectivity index (χ1n) is 8.46. The van der Waals surface area contributed by atoms with Gasteiger partial charge in [0.25, 0.3) is 5.56 Å². The van der Waals surface area contributed by atoms with Crippen molar-refractivity contribution in [3.63, 3.8) is 0 Å². The molecule has 2 aromatic rings. The molecule has 0 amide bonds. The molecular formula is C19H21BrN3O3+. The number of pyridine rings is 1. The third kappa shape index (κ3) is 4.62. The highest BCUT2D eigenvalue weighted by molar-refractivity contribution is 9.10. The minimum absolute atomic E-state index is 0.176. The molecule has 2 heterocycles. The molecule has 0 unspecified atom stereocenters. The van der Waals surface area contributed by atoms with Gasteiger partial charge in [0.1, 0.15) is 0 Å². The second-order valence-corrected chi connectivity index (χ2v) is 7.17. The predicted molar refractivity (Wildman–Crippen MR) is 103 cm³/mol. The summed E-state index contributed by atoms with van der Waals surface area (Å²) >= 11 is 3.35. The van der Waals surface area contributed by atoms with Crippen LogP contribution < -0.4 is 10.5 Å². The minimum Gasteiger partial charge on any atom is -0.404 e. The van der Waals surface area contributed by atoms with Crippen molar-refractivity contribution < 1.29 is 14.4 Å². The van der Waals surface area contributed by atoms with Gasteiger partial charge in [-0.1, -0.05) is 22.0 Å². The summed E-state index contributed by atoms with van der Waals surface area (Å²) in [4.78, 5) is 28.0. The van der Waals surface area contributed by atoms with Crippen LogP contribution >= 0.6 is 15.9 Å². The number of carbonyl (C=O) groups is 1. The van der Waals surface area contributed by atoms with Crippen LogP contribution in [0, 0.1) is 0 Å². The maximum atomic E-state index is 12.6. The van der Waals surface area contributed by atoms with E-state index < -0.39 is 5.97 Å². The highest BCUT2D eigenvalue weighted by Gasteiger charge is 2.22. The van der Waals surface area contributed by atoms with Gasteiger partial charge in [-0.3, -0.25) is 9.36 Å². The summed E-state index contributed by atoms with van der Waals surface area (Å²) in [5.74, 6) is -0.0577. The molecule has 26 heavy (non-hydrogen) atoms. The van der Waals surface area contributed by atoms with E-state index in [0.717, 1.165) is 30.7 Å². The summed E-state index contributed by atoms with van der Waals surface area (Å²) in [6, 6.07) is 11.9. The van der Waals surface area contributed by atoms with Crippen molar-refractivity contribution >= 4 is 28.1 Å². The van der Waals surface area contributed by atoms with E-state index in [1.807, 2.05) is 4.90 Å². The average Bonchev–Trinajstić information content (AvgIpc) is 2.64. The molecule has 0 bridgehead atoms. The third-order valence-corrected chi connectivity index (χ3v) is 4.84. The fourth-order valence-corrected chi connectivity index (χ4v) is 2.95. The molecule has 1 saturated heterocycles. The second-order valence-electron chi connectivity index (χ2n) is 6.25. The number of likely N-dealkylation sites (N-methyl/N-ethyl adjacent to an activating group) is 1. The van der Waals surface area contributed by atoms with Gasteiger partial charge < -0.3 is 14.5 Å². The Balaban J connectivity index is 1.87. The van der Waals surface area contributed by atoms with E-state index in [1.54, 1.807) is 48.8 Å². The largest absolute Gasteiger partial charge is 0.404 e. The number of carbonyl (C=O) groups excluding carboxylic acids is 1. The van der Waals surface area contributed by atoms with Crippen LogP contribution in [-0.2, 0) is 4.74 Å². The Morgan fingerprint density at radius 1 is 1.15 bits per heavy atom. The van der Waals surface area contributed by atoms with Crippen LogP contribution in [0.1, 0.15) is 10.4 Å². The first-order valence-corrected chi connectivity index (χ1v) is 9.25.